The van der Waals surface area contributed by atoms with Gasteiger partial charge < -0.3 is 24.8 Å². The van der Waals surface area contributed by atoms with E-state index in [1.807, 2.05) is 0 Å². The zero-order valence-electron chi connectivity index (χ0n) is 10.9. The van der Waals surface area contributed by atoms with Crippen molar-refractivity contribution in [3.63, 3.8) is 0 Å². The maximum atomic E-state index is 11.9. The van der Waals surface area contributed by atoms with Gasteiger partial charge in [0.15, 0.2) is 11.5 Å². The molecule has 0 spiro atoms. The number of benzene rings is 1. The first kappa shape index (κ1) is 13.6. The molecule has 19 heavy (non-hydrogen) atoms. The summed E-state index contributed by atoms with van der Waals surface area (Å²) in [6, 6.07) is 5.16. The van der Waals surface area contributed by atoms with Gasteiger partial charge in [-0.15, -0.1) is 0 Å². The highest BCUT2D eigenvalue weighted by molar-refractivity contribution is 5.94. The third-order valence-corrected chi connectivity index (χ3v) is 2.71. The minimum atomic E-state index is -0.119. The SMILES string of the molecule is COCCNCCNC(=O)c1ccc2c(c1)OCO2. The Bertz CT molecular complexity index is 437. The molecule has 2 rings (SSSR count). The van der Waals surface area contributed by atoms with Gasteiger partial charge in [0.1, 0.15) is 0 Å². The third-order valence-electron chi connectivity index (χ3n) is 2.71. The van der Waals surface area contributed by atoms with Crippen molar-refractivity contribution in [2.24, 2.45) is 0 Å². The molecule has 1 aromatic rings. The lowest BCUT2D eigenvalue weighted by atomic mass is 10.2. The zero-order chi connectivity index (χ0) is 13.5. The number of amides is 1. The minimum Gasteiger partial charge on any atom is -0.454 e. The molecule has 0 radical (unpaired) electrons. The first-order chi connectivity index (χ1) is 9.31. The van der Waals surface area contributed by atoms with Crippen molar-refractivity contribution in [2.75, 3.05) is 40.1 Å². The number of carbonyl (C=O) groups is 1. The number of hydrogen-bond acceptors (Lipinski definition) is 5. The van der Waals surface area contributed by atoms with Crippen LogP contribution in [-0.4, -0.2) is 46.1 Å². The summed E-state index contributed by atoms with van der Waals surface area (Å²) in [6.07, 6.45) is 0. The van der Waals surface area contributed by atoms with Crippen molar-refractivity contribution in [1.82, 2.24) is 10.6 Å². The molecule has 0 saturated heterocycles. The van der Waals surface area contributed by atoms with Crippen LogP contribution in [0.25, 0.3) is 0 Å². The van der Waals surface area contributed by atoms with E-state index in [-0.39, 0.29) is 12.7 Å². The molecule has 0 saturated carbocycles. The van der Waals surface area contributed by atoms with E-state index in [4.69, 9.17) is 14.2 Å². The van der Waals surface area contributed by atoms with Gasteiger partial charge in [0.2, 0.25) is 6.79 Å². The lowest BCUT2D eigenvalue weighted by molar-refractivity contribution is 0.0953. The second-order valence-corrected chi connectivity index (χ2v) is 4.07. The predicted octanol–water partition coefficient (Wildman–Crippen LogP) is 0.381. The van der Waals surface area contributed by atoms with E-state index in [2.05, 4.69) is 10.6 Å². The van der Waals surface area contributed by atoms with Crippen molar-refractivity contribution in [1.29, 1.82) is 0 Å². The van der Waals surface area contributed by atoms with Crippen molar-refractivity contribution >= 4 is 5.91 Å². The Kier molecular flexibility index (Phi) is 5.00. The Morgan fingerprint density at radius 3 is 2.95 bits per heavy atom. The van der Waals surface area contributed by atoms with Crippen LogP contribution in [0.15, 0.2) is 18.2 Å². The topological polar surface area (TPSA) is 68.8 Å². The number of fused-ring (bicyclic) bond motifs is 1. The second-order valence-electron chi connectivity index (χ2n) is 4.07. The van der Waals surface area contributed by atoms with E-state index >= 15 is 0 Å². The molecule has 6 heteroatoms. The second kappa shape index (κ2) is 6.96. The van der Waals surface area contributed by atoms with E-state index in [0.29, 0.717) is 36.8 Å². The van der Waals surface area contributed by atoms with Crippen LogP contribution in [0.5, 0.6) is 11.5 Å². The van der Waals surface area contributed by atoms with Gasteiger partial charge in [0.25, 0.3) is 5.91 Å². The average molecular weight is 266 g/mol. The highest BCUT2D eigenvalue weighted by Gasteiger charge is 2.15. The van der Waals surface area contributed by atoms with Crippen molar-refractivity contribution in [2.45, 2.75) is 0 Å². The lowest BCUT2D eigenvalue weighted by Crippen LogP contribution is -2.33. The number of carbonyl (C=O) groups excluding carboxylic acids is 1. The highest BCUT2D eigenvalue weighted by atomic mass is 16.7. The highest BCUT2D eigenvalue weighted by Crippen LogP contribution is 2.32. The molecule has 1 aliphatic heterocycles. The largest absolute Gasteiger partial charge is 0.454 e. The summed E-state index contributed by atoms with van der Waals surface area (Å²) in [5, 5.41) is 5.98. The molecule has 1 amide bonds. The monoisotopic (exact) mass is 266 g/mol. The van der Waals surface area contributed by atoms with Crippen molar-refractivity contribution < 1.29 is 19.0 Å². The first-order valence-corrected chi connectivity index (χ1v) is 6.19. The van der Waals surface area contributed by atoms with Gasteiger partial charge >= 0.3 is 0 Å². The van der Waals surface area contributed by atoms with Crippen LogP contribution in [0.2, 0.25) is 0 Å². The van der Waals surface area contributed by atoms with Crippen molar-refractivity contribution in [3.05, 3.63) is 23.8 Å². The summed E-state index contributed by atoms with van der Waals surface area (Å²) >= 11 is 0. The molecule has 0 aliphatic carbocycles. The van der Waals surface area contributed by atoms with E-state index in [1.165, 1.54) is 0 Å². The van der Waals surface area contributed by atoms with Gasteiger partial charge in [-0.1, -0.05) is 0 Å². The first-order valence-electron chi connectivity index (χ1n) is 6.19. The van der Waals surface area contributed by atoms with Gasteiger partial charge in [0, 0.05) is 32.3 Å². The third kappa shape index (κ3) is 3.84. The number of ether oxygens (including phenoxy) is 3. The normalized spacial score (nSPS) is 12.5. The van der Waals surface area contributed by atoms with Crippen LogP contribution in [0.3, 0.4) is 0 Å². The van der Waals surface area contributed by atoms with E-state index in [0.717, 1.165) is 6.54 Å². The van der Waals surface area contributed by atoms with Crippen LogP contribution in [0, 0.1) is 0 Å². The fraction of sp³-hybridized carbons (Fsp3) is 0.462. The summed E-state index contributed by atoms with van der Waals surface area (Å²) in [6.45, 7) is 2.92. The number of hydrogen-bond donors (Lipinski definition) is 2. The molecule has 104 valence electrons. The molecule has 1 aliphatic rings. The van der Waals surface area contributed by atoms with E-state index in [9.17, 15) is 4.79 Å². The minimum absolute atomic E-state index is 0.119. The molecule has 1 aromatic carbocycles. The van der Waals surface area contributed by atoms with Crippen LogP contribution in [0.1, 0.15) is 10.4 Å². The lowest BCUT2D eigenvalue weighted by Gasteiger charge is -2.07. The Morgan fingerprint density at radius 2 is 2.11 bits per heavy atom. The van der Waals surface area contributed by atoms with Gasteiger partial charge in [-0.05, 0) is 18.2 Å². The molecular formula is C13H18N2O4. The molecule has 0 unspecified atom stereocenters. The summed E-state index contributed by atoms with van der Waals surface area (Å²) in [4.78, 5) is 11.9. The summed E-state index contributed by atoms with van der Waals surface area (Å²) < 4.78 is 15.3. The number of rotatable bonds is 7. The quantitative estimate of drug-likeness (QED) is 0.698. The van der Waals surface area contributed by atoms with Crippen LogP contribution in [0.4, 0.5) is 0 Å². The van der Waals surface area contributed by atoms with Crippen LogP contribution >= 0.6 is 0 Å². The van der Waals surface area contributed by atoms with Crippen LogP contribution < -0.4 is 20.1 Å². The standard InChI is InChI=1S/C13H18N2O4/c1-17-7-6-14-4-5-15-13(16)10-2-3-11-12(8-10)19-9-18-11/h2-3,8,14H,4-7,9H2,1H3,(H,15,16). The number of methoxy groups -OCH3 is 1. The fourth-order valence-electron chi connectivity index (χ4n) is 1.70. The number of nitrogens with one attached hydrogen (secondary N) is 2. The molecular weight excluding hydrogens is 248 g/mol. The Balaban J connectivity index is 1.74. The smallest absolute Gasteiger partial charge is 0.251 e. The van der Waals surface area contributed by atoms with Gasteiger partial charge in [0.05, 0.1) is 6.61 Å². The molecule has 6 nitrogen and oxygen atoms in total. The molecule has 2 N–H and O–H groups in total. The molecule has 0 atom stereocenters. The molecule has 1 heterocycles. The van der Waals surface area contributed by atoms with E-state index < -0.39 is 0 Å². The van der Waals surface area contributed by atoms with Gasteiger partial charge in [-0.25, -0.2) is 0 Å². The average Bonchev–Trinajstić information content (AvgIpc) is 2.89. The Labute approximate surface area is 112 Å². The summed E-state index contributed by atoms with van der Waals surface area (Å²) in [5.41, 5.74) is 0.571. The molecule has 0 aromatic heterocycles. The van der Waals surface area contributed by atoms with Crippen molar-refractivity contribution in [3.8, 4) is 11.5 Å². The summed E-state index contributed by atoms with van der Waals surface area (Å²) in [5.74, 6) is 1.18. The maximum absolute atomic E-state index is 11.9. The molecule has 0 bridgehead atoms. The van der Waals surface area contributed by atoms with E-state index in [1.54, 1.807) is 25.3 Å². The maximum Gasteiger partial charge on any atom is 0.251 e. The zero-order valence-corrected chi connectivity index (χ0v) is 10.9. The van der Waals surface area contributed by atoms with Gasteiger partial charge in [-0.3, -0.25) is 4.79 Å². The van der Waals surface area contributed by atoms with Gasteiger partial charge in [-0.2, -0.15) is 0 Å². The fourth-order valence-corrected chi connectivity index (χ4v) is 1.70. The Hall–Kier alpha value is -1.79. The predicted molar refractivity (Wildman–Crippen MR) is 69.6 cm³/mol. The Morgan fingerprint density at radius 1 is 1.26 bits per heavy atom. The molecule has 0 fully saturated rings. The van der Waals surface area contributed by atoms with Crippen LogP contribution in [-0.2, 0) is 4.74 Å². The summed E-state index contributed by atoms with van der Waals surface area (Å²) in [7, 11) is 1.66.